The fraction of sp³-hybridized carbons (Fsp3) is 0.417. The molecule has 3 rings (SSSR count). The minimum absolute atomic E-state index is 0.278. The largest absolute Gasteiger partial charge is 0.493 e. The van der Waals surface area contributed by atoms with Crippen LogP contribution in [0.5, 0.6) is 5.75 Å². The Kier molecular flexibility index (Phi) is 2.64. The third-order valence-corrected chi connectivity index (χ3v) is 3.95. The molecule has 1 atom stereocenters. The summed E-state index contributed by atoms with van der Waals surface area (Å²) in [6, 6.07) is 4.03. The highest BCUT2D eigenvalue weighted by atomic mass is 32.1. The maximum absolute atomic E-state index is 11.3. The van der Waals surface area contributed by atoms with Gasteiger partial charge in [0.1, 0.15) is 0 Å². The Morgan fingerprint density at radius 1 is 1.53 bits per heavy atom. The van der Waals surface area contributed by atoms with Gasteiger partial charge >= 0.3 is 4.94 Å². The zero-order valence-corrected chi connectivity index (χ0v) is 10.3. The third-order valence-electron chi connectivity index (χ3n) is 3.17. The number of ether oxygens (including phenoxy) is 1. The lowest BCUT2D eigenvalue weighted by atomic mass is 9.98. The molecule has 1 unspecified atom stereocenters. The number of rotatable bonds is 2. The molecule has 2 aromatic rings. The van der Waals surface area contributed by atoms with Gasteiger partial charge in [-0.15, -0.1) is 0 Å². The minimum atomic E-state index is -0.278. The van der Waals surface area contributed by atoms with Crippen LogP contribution in [0.1, 0.15) is 17.9 Å². The molecule has 90 valence electrons. The van der Waals surface area contributed by atoms with Crippen LogP contribution in [0, 0.1) is 0 Å². The van der Waals surface area contributed by atoms with Crippen molar-refractivity contribution in [3.05, 3.63) is 27.4 Å². The zero-order chi connectivity index (χ0) is 11.8. The van der Waals surface area contributed by atoms with Gasteiger partial charge in [-0.05, 0) is 36.6 Å². The molecule has 1 N–H and O–H groups in total. The van der Waals surface area contributed by atoms with E-state index in [2.05, 4.69) is 5.32 Å². The zero-order valence-electron chi connectivity index (χ0n) is 9.49. The molecule has 1 fully saturated rings. The second kappa shape index (κ2) is 4.16. The third kappa shape index (κ3) is 1.85. The average Bonchev–Trinajstić information content (AvgIpc) is 2.94. The molecule has 5 heteroatoms. The van der Waals surface area contributed by atoms with Crippen LogP contribution < -0.4 is 15.0 Å². The summed E-state index contributed by atoms with van der Waals surface area (Å²) in [5.74, 6) is 1.16. The predicted molar refractivity (Wildman–Crippen MR) is 67.1 cm³/mol. The molecule has 1 aliphatic heterocycles. The first-order valence-corrected chi connectivity index (χ1v) is 6.42. The Morgan fingerprint density at radius 2 is 2.41 bits per heavy atom. The normalized spacial score (nSPS) is 19.9. The molecular weight excluding hydrogens is 238 g/mol. The van der Waals surface area contributed by atoms with Crippen molar-refractivity contribution in [2.45, 2.75) is 12.3 Å². The van der Waals surface area contributed by atoms with Gasteiger partial charge in [0.05, 0.1) is 11.8 Å². The van der Waals surface area contributed by atoms with Crippen molar-refractivity contribution >= 4 is 21.6 Å². The van der Waals surface area contributed by atoms with Gasteiger partial charge < -0.3 is 14.5 Å². The van der Waals surface area contributed by atoms with Gasteiger partial charge in [0.25, 0.3) is 0 Å². The summed E-state index contributed by atoms with van der Waals surface area (Å²) in [4.78, 5) is 11.0. The monoisotopic (exact) mass is 251 g/mol. The summed E-state index contributed by atoms with van der Waals surface area (Å²) in [5, 5.41) is 3.34. The minimum Gasteiger partial charge on any atom is -0.493 e. The second-order valence-corrected chi connectivity index (χ2v) is 5.17. The smallest absolute Gasteiger partial charge is 0.396 e. The summed E-state index contributed by atoms with van der Waals surface area (Å²) in [6.45, 7) is 2.04. The molecule has 0 radical (unpaired) electrons. The molecule has 2 heterocycles. The number of hydrogen-bond acceptors (Lipinski definition) is 5. The van der Waals surface area contributed by atoms with E-state index in [1.807, 2.05) is 12.1 Å². The molecule has 4 nitrogen and oxygen atoms in total. The lowest BCUT2D eigenvalue weighted by Gasteiger charge is -2.10. The molecular formula is C12H13NO3S. The topological polar surface area (TPSA) is 51.5 Å². The van der Waals surface area contributed by atoms with E-state index < -0.39 is 0 Å². The summed E-state index contributed by atoms with van der Waals surface area (Å²) in [6.07, 6.45) is 1.13. The van der Waals surface area contributed by atoms with Crippen LogP contribution in [0.3, 0.4) is 0 Å². The highest BCUT2D eigenvalue weighted by Crippen LogP contribution is 2.33. The lowest BCUT2D eigenvalue weighted by Crippen LogP contribution is -2.07. The molecule has 0 spiro atoms. The molecule has 17 heavy (non-hydrogen) atoms. The Labute approximate surface area is 102 Å². The Bertz CT molecular complexity index is 595. The van der Waals surface area contributed by atoms with Crippen LogP contribution in [-0.2, 0) is 0 Å². The van der Waals surface area contributed by atoms with E-state index in [-0.39, 0.29) is 4.94 Å². The molecule has 0 amide bonds. The van der Waals surface area contributed by atoms with Crippen LogP contribution in [0.4, 0.5) is 0 Å². The first kappa shape index (κ1) is 10.8. The van der Waals surface area contributed by atoms with Crippen molar-refractivity contribution in [1.82, 2.24) is 5.32 Å². The fourth-order valence-electron chi connectivity index (χ4n) is 2.29. The van der Waals surface area contributed by atoms with Crippen molar-refractivity contribution < 1.29 is 9.15 Å². The highest BCUT2D eigenvalue weighted by Gasteiger charge is 2.20. The predicted octanol–water partition coefficient (Wildman–Crippen LogP) is 1.94. The first-order chi connectivity index (χ1) is 8.28. The van der Waals surface area contributed by atoms with Gasteiger partial charge in [0.2, 0.25) is 0 Å². The van der Waals surface area contributed by atoms with Crippen molar-refractivity contribution in [3.8, 4) is 5.75 Å². The molecule has 0 saturated carbocycles. The Morgan fingerprint density at radius 3 is 3.12 bits per heavy atom. The van der Waals surface area contributed by atoms with E-state index in [4.69, 9.17) is 9.15 Å². The number of methoxy groups -OCH3 is 1. The fourth-order valence-corrected chi connectivity index (χ4v) is 3.03. The van der Waals surface area contributed by atoms with Crippen molar-refractivity contribution in [2.24, 2.45) is 0 Å². The van der Waals surface area contributed by atoms with Crippen LogP contribution >= 0.6 is 11.3 Å². The summed E-state index contributed by atoms with van der Waals surface area (Å²) < 4.78 is 11.3. The molecule has 1 aliphatic rings. The van der Waals surface area contributed by atoms with Gasteiger partial charge in [-0.2, -0.15) is 0 Å². The molecule has 1 aromatic carbocycles. The standard InChI is InChI=1S/C12H13NO3S/c1-15-9-4-8(7-2-3-13-6-7)5-10-11(9)16-12(14)17-10/h4-5,7,13H,2-3,6H2,1H3. The van der Waals surface area contributed by atoms with Crippen LogP contribution in [-0.4, -0.2) is 20.2 Å². The van der Waals surface area contributed by atoms with Crippen molar-refractivity contribution in [3.63, 3.8) is 0 Å². The van der Waals surface area contributed by atoms with Gasteiger partial charge in [0, 0.05) is 6.54 Å². The summed E-state index contributed by atoms with van der Waals surface area (Å²) in [7, 11) is 1.60. The number of hydrogen-bond donors (Lipinski definition) is 1. The van der Waals surface area contributed by atoms with Gasteiger partial charge in [-0.25, -0.2) is 4.79 Å². The number of fused-ring (bicyclic) bond motifs is 1. The van der Waals surface area contributed by atoms with Gasteiger partial charge in [-0.3, -0.25) is 0 Å². The second-order valence-electron chi connectivity index (χ2n) is 4.19. The maximum Gasteiger partial charge on any atom is 0.396 e. The van der Waals surface area contributed by atoms with Crippen LogP contribution in [0.25, 0.3) is 10.3 Å². The van der Waals surface area contributed by atoms with Gasteiger partial charge in [0.15, 0.2) is 11.3 Å². The SMILES string of the molecule is COc1cc(C2CCNC2)cc2sc(=O)oc12. The van der Waals surface area contributed by atoms with Gasteiger partial charge in [-0.1, -0.05) is 11.3 Å². The quantitative estimate of drug-likeness (QED) is 0.886. The van der Waals surface area contributed by atoms with E-state index in [1.54, 1.807) is 7.11 Å². The maximum atomic E-state index is 11.3. The number of nitrogens with one attached hydrogen (secondary N) is 1. The number of benzene rings is 1. The van der Waals surface area contributed by atoms with E-state index in [9.17, 15) is 4.79 Å². The van der Waals surface area contributed by atoms with E-state index >= 15 is 0 Å². The molecule has 1 aromatic heterocycles. The summed E-state index contributed by atoms with van der Waals surface area (Å²) >= 11 is 1.13. The molecule has 0 bridgehead atoms. The summed E-state index contributed by atoms with van der Waals surface area (Å²) in [5.41, 5.74) is 1.79. The van der Waals surface area contributed by atoms with E-state index in [1.165, 1.54) is 5.56 Å². The van der Waals surface area contributed by atoms with Crippen LogP contribution in [0.15, 0.2) is 21.3 Å². The van der Waals surface area contributed by atoms with E-state index in [0.29, 0.717) is 17.3 Å². The Balaban J connectivity index is 2.16. The van der Waals surface area contributed by atoms with Crippen molar-refractivity contribution in [1.29, 1.82) is 0 Å². The highest BCUT2D eigenvalue weighted by molar-refractivity contribution is 7.16. The lowest BCUT2D eigenvalue weighted by molar-refractivity contribution is 0.408. The van der Waals surface area contributed by atoms with Crippen LogP contribution in [0.2, 0.25) is 0 Å². The van der Waals surface area contributed by atoms with Crippen molar-refractivity contribution in [2.75, 3.05) is 20.2 Å². The van der Waals surface area contributed by atoms with E-state index in [0.717, 1.165) is 35.5 Å². The molecule has 1 saturated heterocycles. The first-order valence-electron chi connectivity index (χ1n) is 5.60. The average molecular weight is 251 g/mol. The molecule has 0 aliphatic carbocycles. The Hall–Kier alpha value is -1.33.